The van der Waals surface area contributed by atoms with E-state index in [0.29, 0.717) is 19.4 Å². The first-order chi connectivity index (χ1) is 16.7. The van der Waals surface area contributed by atoms with Gasteiger partial charge in [0.2, 0.25) is 0 Å². The summed E-state index contributed by atoms with van der Waals surface area (Å²) in [4.78, 5) is 25.6. The highest BCUT2D eigenvalue weighted by Crippen LogP contribution is 2.74. The molecule has 0 aromatic carbocycles. The van der Waals surface area contributed by atoms with E-state index in [0.717, 1.165) is 44.3 Å². The first kappa shape index (κ1) is 27.7. The summed E-state index contributed by atoms with van der Waals surface area (Å²) >= 11 is 0. The molecule has 3 saturated carbocycles. The minimum absolute atomic E-state index is 0.0317. The van der Waals surface area contributed by atoms with E-state index in [9.17, 15) is 9.59 Å². The predicted octanol–water partition coefficient (Wildman–Crippen LogP) is 6.82. The molecule has 7 atom stereocenters. The van der Waals surface area contributed by atoms with E-state index in [1.807, 2.05) is 13.0 Å². The second-order valence-corrected chi connectivity index (χ2v) is 13.5. The summed E-state index contributed by atoms with van der Waals surface area (Å²) in [5, 5.41) is 0. The number of carbonyl (C=O) groups is 2. The molecule has 3 fully saturated rings. The summed E-state index contributed by atoms with van der Waals surface area (Å²) in [6.45, 7) is 16.1. The molecule has 4 rings (SSSR count). The second-order valence-electron chi connectivity index (χ2n) is 13.5. The molecular formula is C31H47FO4. The standard InChI is InChI=1S/C31H47FO4/c1-8-16-36-27(3,4)15-17-35-20-24(34)26-21(2)18-25-28(26,5)13-14-31(32)29(6)12-10-23(33)19-22(29)9-11-30(25,31)7/h10,12,19,21,25-26H,8-9,11,13-18,20H2,1-7H3/t21-,25-,26-,28+,29+,30+,31+/m1/s1. The van der Waals surface area contributed by atoms with Crippen LogP contribution < -0.4 is 0 Å². The highest BCUT2D eigenvalue weighted by atomic mass is 19.1. The van der Waals surface area contributed by atoms with Crippen LogP contribution in [0.1, 0.15) is 93.4 Å². The Hall–Kier alpha value is -1.33. The number of rotatable bonds is 9. The largest absolute Gasteiger partial charge is 0.375 e. The third-order valence-electron chi connectivity index (χ3n) is 10.8. The number of Topliss-reactive ketones (excluding diaryl/α,β-unsaturated/α-hetero) is 1. The third kappa shape index (κ3) is 4.17. The number of hydrogen-bond donors (Lipinski definition) is 0. The maximum Gasteiger partial charge on any atom is 0.178 e. The van der Waals surface area contributed by atoms with Crippen molar-refractivity contribution in [3.8, 4) is 0 Å². The molecule has 0 spiro atoms. The summed E-state index contributed by atoms with van der Waals surface area (Å²) in [5.41, 5.74) is -2.28. The zero-order valence-electron chi connectivity index (χ0n) is 23.5. The smallest absolute Gasteiger partial charge is 0.178 e. The van der Waals surface area contributed by atoms with Crippen LogP contribution in [0, 0.1) is 34.0 Å². The average Bonchev–Trinajstić information content (AvgIpc) is 3.09. The fourth-order valence-electron chi connectivity index (χ4n) is 8.74. The maximum absolute atomic E-state index is 17.4. The van der Waals surface area contributed by atoms with Crippen LogP contribution in [0.2, 0.25) is 0 Å². The lowest BCUT2D eigenvalue weighted by atomic mass is 9.40. The van der Waals surface area contributed by atoms with Crippen molar-refractivity contribution in [1.29, 1.82) is 0 Å². The third-order valence-corrected chi connectivity index (χ3v) is 10.8. The molecule has 0 amide bonds. The first-order valence-corrected chi connectivity index (χ1v) is 14.1. The van der Waals surface area contributed by atoms with Crippen LogP contribution in [0.25, 0.3) is 0 Å². The molecule has 0 N–H and O–H groups in total. The highest BCUT2D eigenvalue weighted by molar-refractivity contribution is 6.01. The Morgan fingerprint density at radius 2 is 1.89 bits per heavy atom. The van der Waals surface area contributed by atoms with Crippen LogP contribution in [0.5, 0.6) is 0 Å². The van der Waals surface area contributed by atoms with Gasteiger partial charge in [0.25, 0.3) is 0 Å². The molecule has 5 heteroatoms. The van der Waals surface area contributed by atoms with E-state index in [2.05, 4.69) is 41.5 Å². The quantitative estimate of drug-likeness (QED) is 0.325. The number of carbonyl (C=O) groups excluding carboxylic acids is 2. The second kappa shape index (κ2) is 9.45. The lowest BCUT2D eigenvalue weighted by Crippen LogP contribution is -2.65. The summed E-state index contributed by atoms with van der Waals surface area (Å²) < 4.78 is 29.2. The van der Waals surface area contributed by atoms with Crippen LogP contribution in [0.3, 0.4) is 0 Å². The fraction of sp³-hybridized carbons (Fsp3) is 0.806. The highest BCUT2D eigenvalue weighted by Gasteiger charge is 2.73. The lowest BCUT2D eigenvalue weighted by molar-refractivity contribution is -0.187. The lowest BCUT2D eigenvalue weighted by Gasteiger charge is -2.65. The van der Waals surface area contributed by atoms with Gasteiger partial charge in [-0.2, -0.15) is 0 Å². The molecule has 0 radical (unpaired) electrons. The SMILES string of the molecule is CCCOC(C)(C)CCOCC(=O)[C@H]1[C@H](C)C[C@@H]2[C@]1(C)CC[C@]1(F)[C@@]3(C)C=CC(=O)C=C3CC[C@@]21C. The van der Waals surface area contributed by atoms with Crippen LogP contribution in [-0.2, 0) is 19.1 Å². The van der Waals surface area contributed by atoms with Crippen molar-refractivity contribution in [2.45, 2.75) is 105 Å². The molecule has 4 nitrogen and oxygen atoms in total. The van der Waals surface area contributed by atoms with Gasteiger partial charge in [0, 0.05) is 30.0 Å². The molecule has 0 heterocycles. The summed E-state index contributed by atoms with van der Waals surface area (Å²) in [6, 6.07) is 0. The summed E-state index contributed by atoms with van der Waals surface area (Å²) in [7, 11) is 0. The van der Waals surface area contributed by atoms with E-state index in [4.69, 9.17) is 9.47 Å². The Morgan fingerprint density at radius 3 is 2.58 bits per heavy atom. The Labute approximate surface area is 217 Å². The van der Waals surface area contributed by atoms with Crippen molar-refractivity contribution in [3.05, 3.63) is 23.8 Å². The first-order valence-electron chi connectivity index (χ1n) is 14.1. The van der Waals surface area contributed by atoms with Gasteiger partial charge in [0.05, 0.1) is 5.60 Å². The van der Waals surface area contributed by atoms with Gasteiger partial charge < -0.3 is 9.47 Å². The monoisotopic (exact) mass is 502 g/mol. The Morgan fingerprint density at radius 1 is 1.17 bits per heavy atom. The van der Waals surface area contributed by atoms with E-state index >= 15 is 4.39 Å². The molecule has 4 aliphatic rings. The van der Waals surface area contributed by atoms with Crippen molar-refractivity contribution in [2.24, 2.45) is 34.0 Å². The van der Waals surface area contributed by atoms with E-state index in [1.165, 1.54) is 0 Å². The van der Waals surface area contributed by atoms with Crippen molar-refractivity contribution in [2.75, 3.05) is 19.8 Å². The van der Waals surface area contributed by atoms with Gasteiger partial charge in [0.1, 0.15) is 12.3 Å². The molecule has 0 aliphatic heterocycles. The molecule has 0 aromatic rings. The molecule has 4 aliphatic carbocycles. The fourth-order valence-corrected chi connectivity index (χ4v) is 8.74. The number of alkyl halides is 1. The van der Waals surface area contributed by atoms with Crippen LogP contribution in [-0.4, -0.2) is 42.7 Å². The minimum Gasteiger partial charge on any atom is -0.375 e. The number of hydrogen-bond acceptors (Lipinski definition) is 4. The topological polar surface area (TPSA) is 52.6 Å². The van der Waals surface area contributed by atoms with E-state index in [1.54, 1.807) is 12.2 Å². The van der Waals surface area contributed by atoms with E-state index in [-0.39, 0.29) is 46.9 Å². The van der Waals surface area contributed by atoms with Crippen molar-refractivity contribution < 1.29 is 23.5 Å². The number of allylic oxidation sites excluding steroid dienone is 4. The Kier molecular flexibility index (Phi) is 7.27. The molecule has 0 unspecified atom stereocenters. The number of halogens is 1. The maximum atomic E-state index is 17.4. The number of ether oxygens (including phenoxy) is 2. The molecule has 36 heavy (non-hydrogen) atoms. The van der Waals surface area contributed by atoms with Gasteiger partial charge in [-0.05, 0) is 95.1 Å². The Bertz CT molecular complexity index is 952. The molecule has 0 aromatic heterocycles. The molecular weight excluding hydrogens is 455 g/mol. The summed E-state index contributed by atoms with van der Waals surface area (Å²) in [5.74, 6) is 0.351. The van der Waals surface area contributed by atoms with Crippen molar-refractivity contribution in [1.82, 2.24) is 0 Å². The van der Waals surface area contributed by atoms with Crippen molar-refractivity contribution >= 4 is 11.6 Å². The zero-order chi connectivity index (χ0) is 26.6. The molecule has 202 valence electrons. The molecule has 0 saturated heterocycles. The van der Waals surface area contributed by atoms with Gasteiger partial charge in [-0.1, -0.05) is 39.3 Å². The van der Waals surface area contributed by atoms with Gasteiger partial charge >= 0.3 is 0 Å². The van der Waals surface area contributed by atoms with Gasteiger partial charge in [-0.25, -0.2) is 4.39 Å². The van der Waals surface area contributed by atoms with Crippen LogP contribution in [0.4, 0.5) is 4.39 Å². The predicted molar refractivity (Wildman–Crippen MR) is 140 cm³/mol. The van der Waals surface area contributed by atoms with Gasteiger partial charge in [-0.3, -0.25) is 9.59 Å². The normalized spacial score (nSPS) is 41.9. The average molecular weight is 503 g/mol. The van der Waals surface area contributed by atoms with Crippen LogP contribution in [0.15, 0.2) is 23.8 Å². The number of ketones is 2. The van der Waals surface area contributed by atoms with Gasteiger partial charge in [0.15, 0.2) is 11.6 Å². The Balaban J connectivity index is 1.49. The molecule has 0 bridgehead atoms. The van der Waals surface area contributed by atoms with E-state index < -0.39 is 16.5 Å². The van der Waals surface area contributed by atoms with Gasteiger partial charge in [-0.15, -0.1) is 0 Å². The van der Waals surface area contributed by atoms with Crippen LogP contribution >= 0.6 is 0 Å². The minimum atomic E-state index is -1.43. The zero-order valence-corrected chi connectivity index (χ0v) is 23.5. The van der Waals surface area contributed by atoms with Crippen molar-refractivity contribution in [3.63, 3.8) is 0 Å². The summed E-state index contributed by atoms with van der Waals surface area (Å²) in [6.07, 6.45) is 10.2. The number of fused-ring (bicyclic) bond motifs is 5.